The van der Waals surface area contributed by atoms with Crippen molar-refractivity contribution in [2.45, 2.75) is 38.7 Å². The highest BCUT2D eigenvalue weighted by Gasteiger charge is 2.25. The minimum atomic E-state index is -0.808. The van der Waals surface area contributed by atoms with E-state index >= 15 is 0 Å². The van der Waals surface area contributed by atoms with Crippen molar-refractivity contribution in [3.05, 3.63) is 40.4 Å². The average Bonchev–Trinajstić information content (AvgIpc) is 2.97. The lowest BCUT2D eigenvalue weighted by Gasteiger charge is -2.23. The molecule has 1 aliphatic rings. The molecule has 0 aliphatic carbocycles. The van der Waals surface area contributed by atoms with Crippen LogP contribution in [0.2, 0.25) is 5.02 Å². The molecule has 0 bridgehead atoms. The summed E-state index contributed by atoms with van der Waals surface area (Å²) >= 11 is 7.34. The van der Waals surface area contributed by atoms with Crippen LogP contribution in [0.25, 0.3) is 10.6 Å². The lowest BCUT2D eigenvalue weighted by atomic mass is 10.2. The summed E-state index contributed by atoms with van der Waals surface area (Å²) in [5, 5.41) is 2.94. The maximum Gasteiger partial charge on any atom is 0.358 e. The second kappa shape index (κ2) is 8.64. The highest BCUT2D eigenvalue weighted by molar-refractivity contribution is 7.13. The summed E-state index contributed by atoms with van der Waals surface area (Å²) in [4.78, 5) is 31.0. The molecule has 1 unspecified atom stereocenters. The Morgan fingerprint density at radius 2 is 1.96 bits per heavy atom. The number of ether oxygens (including phenoxy) is 1. The van der Waals surface area contributed by atoms with Crippen LogP contribution in [0, 0.1) is 0 Å². The third-order valence-corrected chi connectivity index (χ3v) is 5.46. The van der Waals surface area contributed by atoms with Crippen molar-refractivity contribution in [2.75, 3.05) is 13.1 Å². The van der Waals surface area contributed by atoms with Crippen LogP contribution >= 0.6 is 22.9 Å². The summed E-state index contributed by atoms with van der Waals surface area (Å²) in [6.07, 6.45) is 3.48. The number of esters is 1. The minimum absolute atomic E-state index is 0.134. The molecule has 1 aromatic heterocycles. The van der Waals surface area contributed by atoms with Crippen molar-refractivity contribution in [1.29, 1.82) is 0 Å². The third kappa shape index (κ3) is 4.62. The van der Waals surface area contributed by atoms with E-state index in [0.717, 1.165) is 44.3 Å². The van der Waals surface area contributed by atoms with E-state index in [1.807, 2.05) is 12.1 Å². The van der Waals surface area contributed by atoms with Crippen molar-refractivity contribution in [3.8, 4) is 10.6 Å². The standard InChI is InChI=1S/C19H21ClN2O3S/c1-13(18(23)22-9-4-2-3-5-10-22)25-19(24)16-12-26-17(21-16)14-7-6-8-15(20)11-14/h6-8,11-13H,2-5,9-10H2,1H3. The van der Waals surface area contributed by atoms with Gasteiger partial charge in [0.25, 0.3) is 5.91 Å². The zero-order chi connectivity index (χ0) is 18.5. The van der Waals surface area contributed by atoms with Crippen molar-refractivity contribution in [1.82, 2.24) is 9.88 Å². The third-order valence-electron chi connectivity index (χ3n) is 4.33. The maximum absolute atomic E-state index is 12.5. The van der Waals surface area contributed by atoms with Crippen LogP contribution < -0.4 is 0 Å². The van der Waals surface area contributed by atoms with E-state index in [1.54, 1.807) is 29.3 Å². The smallest absolute Gasteiger partial charge is 0.358 e. The molecule has 2 heterocycles. The topological polar surface area (TPSA) is 59.5 Å². The lowest BCUT2D eigenvalue weighted by molar-refractivity contribution is -0.139. The molecule has 0 spiro atoms. The van der Waals surface area contributed by atoms with E-state index in [-0.39, 0.29) is 11.6 Å². The molecule has 0 radical (unpaired) electrons. The first-order valence-electron chi connectivity index (χ1n) is 8.76. The molecule has 1 atom stereocenters. The molecule has 1 amide bonds. The van der Waals surface area contributed by atoms with Gasteiger partial charge in [-0.1, -0.05) is 36.6 Å². The van der Waals surface area contributed by atoms with Gasteiger partial charge in [0.2, 0.25) is 0 Å². The fourth-order valence-corrected chi connectivity index (χ4v) is 3.92. The SMILES string of the molecule is CC(OC(=O)c1csc(-c2cccc(Cl)c2)n1)C(=O)N1CCCCCC1. The molecule has 0 saturated carbocycles. The predicted molar refractivity (Wildman–Crippen MR) is 102 cm³/mol. The fraction of sp³-hybridized carbons (Fsp3) is 0.421. The number of likely N-dealkylation sites (tertiary alicyclic amines) is 1. The molecule has 1 saturated heterocycles. The van der Waals surface area contributed by atoms with Gasteiger partial charge in [-0.2, -0.15) is 0 Å². The Labute approximate surface area is 161 Å². The summed E-state index contributed by atoms with van der Waals surface area (Å²) in [7, 11) is 0. The van der Waals surface area contributed by atoms with Crippen LogP contribution in [0.3, 0.4) is 0 Å². The van der Waals surface area contributed by atoms with Crippen molar-refractivity contribution in [2.24, 2.45) is 0 Å². The van der Waals surface area contributed by atoms with Gasteiger partial charge in [-0.05, 0) is 31.9 Å². The molecule has 7 heteroatoms. The van der Waals surface area contributed by atoms with Gasteiger partial charge in [0, 0.05) is 29.1 Å². The van der Waals surface area contributed by atoms with Crippen LogP contribution in [0.4, 0.5) is 0 Å². The predicted octanol–water partition coefficient (Wildman–Crippen LogP) is 4.41. The van der Waals surface area contributed by atoms with Gasteiger partial charge in [-0.25, -0.2) is 9.78 Å². The highest BCUT2D eigenvalue weighted by Crippen LogP contribution is 2.26. The normalized spacial score (nSPS) is 16.0. The monoisotopic (exact) mass is 392 g/mol. The number of rotatable bonds is 4. The van der Waals surface area contributed by atoms with E-state index in [4.69, 9.17) is 16.3 Å². The first-order chi connectivity index (χ1) is 12.5. The summed E-state index contributed by atoms with van der Waals surface area (Å²) in [5.41, 5.74) is 1.05. The van der Waals surface area contributed by atoms with Gasteiger partial charge in [0.1, 0.15) is 5.01 Å². The van der Waals surface area contributed by atoms with E-state index in [9.17, 15) is 9.59 Å². The molecule has 1 aromatic carbocycles. The number of hydrogen-bond acceptors (Lipinski definition) is 5. The molecule has 1 fully saturated rings. The van der Waals surface area contributed by atoms with Gasteiger partial charge < -0.3 is 9.64 Å². The van der Waals surface area contributed by atoms with Crippen molar-refractivity contribution >= 4 is 34.8 Å². The largest absolute Gasteiger partial charge is 0.448 e. The minimum Gasteiger partial charge on any atom is -0.448 e. The number of aromatic nitrogens is 1. The van der Waals surface area contributed by atoms with E-state index in [1.165, 1.54) is 11.3 Å². The second-order valence-corrected chi connectivity index (χ2v) is 7.63. The van der Waals surface area contributed by atoms with Gasteiger partial charge >= 0.3 is 5.97 Å². The Kier molecular flexibility index (Phi) is 6.27. The highest BCUT2D eigenvalue weighted by atomic mass is 35.5. The zero-order valence-electron chi connectivity index (χ0n) is 14.6. The van der Waals surface area contributed by atoms with Crippen LogP contribution in [0.1, 0.15) is 43.1 Å². The number of nitrogens with zero attached hydrogens (tertiary/aromatic N) is 2. The summed E-state index contributed by atoms with van der Waals surface area (Å²) in [6, 6.07) is 7.29. The maximum atomic E-state index is 12.5. The average molecular weight is 393 g/mol. The summed E-state index contributed by atoms with van der Waals surface area (Å²) < 4.78 is 5.35. The second-order valence-electron chi connectivity index (χ2n) is 6.34. The molecule has 0 N–H and O–H groups in total. The summed E-state index contributed by atoms with van der Waals surface area (Å²) in [5.74, 6) is -0.712. The Hall–Kier alpha value is -1.92. The first-order valence-corrected chi connectivity index (χ1v) is 10.0. The summed E-state index contributed by atoms with van der Waals surface area (Å²) in [6.45, 7) is 3.09. The number of halogens is 1. The molecular weight excluding hydrogens is 372 g/mol. The molecule has 5 nitrogen and oxygen atoms in total. The Balaban J connectivity index is 1.63. The van der Waals surface area contributed by atoms with Gasteiger partial charge in [-0.3, -0.25) is 4.79 Å². The van der Waals surface area contributed by atoms with Crippen molar-refractivity contribution in [3.63, 3.8) is 0 Å². The molecular formula is C19H21ClN2O3S. The van der Waals surface area contributed by atoms with E-state index in [2.05, 4.69) is 4.98 Å². The van der Waals surface area contributed by atoms with Crippen LogP contribution in [0.5, 0.6) is 0 Å². The lowest BCUT2D eigenvalue weighted by Crippen LogP contribution is -2.40. The molecule has 3 rings (SSSR count). The molecule has 2 aromatic rings. The van der Waals surface area contributed by atoms with Crippen LogP contribution in [-0.4, -0.2) is 41.0 Å². The van der Waals surface area contributed by atoms with Crippen LogP contribution in [0.15, 0.2) is 29.6 Å². The van der Waals surface area contributed by atoms with Gasteiger partial charge in [-0.15, -0.1) is 11.3 Å². The Morgan fingerprint density at radius 1 is 1.23 bits per heavy atom. The zero-order valence-corrected chi connectivity index (χ0v) is 16.2. The van der Waals surface area contributed by atoms with Crippen LogP contribution in [-0.2, 0) is 9.53 Å². The number of benzene rings is 1. The fourth-order valence-electron chi connectivity index (χ4n) is 2.94. The quantitative estimate of drug-likeness (QED) is 0.723. The molecule has 26 heavy (non-hydrogen) atoms. The first kappa shape index (κ1) is 18.9. The number of carbonyl (C=O) groups excluding carboxylic acids is 2. The van der Waals surface area contributed by atoms with E-state index < -0.39 is 12.1 Å². The van der Waals surface area contributed by atoms with Gasteiger partial charge in [0.05, 0.1) is 0 Å². The Bertz CT molecular complexity index is 785. The van der Waals surface area contributed by atoms with Gasteiger partial charge in [0.15, 0.2) is 11.8 Å². The molecule has 1 aliphatic heterocycles. The van der Waals surface area contributed by atoms with E-state index in [0.29, 0.717) is 10.0 Å². The van der Waals surface area contributed by atoms with Crippen molar-refractivity contribution < 1.29 is 14.3 Å². The number of amides is 1. The number of carbonyl (C=O) groups is 2. The molecule has 138 valence electrons. The Morgan fingerprint density at radius 3 is 2.65 bits per heavy atom. The number of thiazole rings is 1. The number of hydrogen-bond donors (Lipinski definition) is 0.